The molecule has 0 aliphatic heterocycles. The highest BCUT2D eigenvalue weighted by molar-refractivity contribution is 5.87. The van der Waals surface area contributed by atoms with Crippen molar-refractivity contribution in [2.45, 2.75) is 40.7 Å². The second kappa shape index (κ2) is 7.39. The summed E-state index contributed by atoms with van der Waals surface area (Å²) in [6.45, 7) is 10.7. The Morgan fingerprint density at radius 3 is 2.37 bits per heavy atom. The Morgan fingerprint density at radius 1 is 1.15 bits per heavy atom. The van der Waals surface area contributed by atoms with Crippen LogP contribution in [0.15, 0.2) is 41.2 Å². The quantitative estimate of drug-likeness (QED) is 0.696. The Bertz CT molecular complexity index is 1030. The summed E-state index contributed by atoms with van der Waals surface area (Å²) in [5.41, 5.74) is 3.04. The number of benzene rings is 1. The van der Waals surface area contributed by atoms with Gasteiger partial charge >= 0.3 is 0 Å². The number of amides is 1. The second-order valence-corrected chi connectivity index (χ2v) is 6.75. The molecule has 0 spiro atoms. The normalized spacial score (nSPS) is 12.3. The van der Waals surface area contributed by atoms with Gasteiger partial charge in [-0.05, 0) is 52.3 Å². The third-order valence-corrected chi connectivity index (χ3v) is 5.06. The van der Waals surface area contributed by atoms with E-state index in [0.717, 1.165) is 22.3 Å². The first-order valence-electron chi connectivity index (χ1n) is 9.36. The van der Waals surface area contributed by atoms with Gasteiger partial charge in [0.25, 0.3) is 5.56 Å². The number of aromatic nitrogens is 3. The predicted octanol–water partition coefficient (Wildman–Crippen LogP) is 3.23. The van der Waals surface area contributed by atoms with Gasteiger partial charge < -0.3 is 4.90 Å². The number of hydrogen-bond acceptors (Lipinski definition) is 3. The number of carbonyl (C=O) groups is 1. The van der Waals surface area contributed by atoms with Crippen molar-refractivity contribution in [3.05, 3.63) is 58.0 Å². The monoisotopic (exact) mass is 366 g/mol. The van der Waals surface area contributed by atoms with E-state index in [1.165, 1.54) is 0 Å². The molecule has 27 heavy (non-hydrogen) atoms. The molecular weight excluding hydrogens is 340 g/mol. The van der Waals surface area contributed by atoms with Crippen molar-refractivity contribution < 1.29 is 4.79 Å². The molecule has 142 valence electrons. The molecule has 0 saturated carbocycles. The maximum absolute atomic E-state index is 13.0. The lowest BCUT2D eigenvalue weighted by Gasteiger charge is -2.25. The number of aryl methyl sites for hydroxylation is 2. The van der Waals surface area contributed by atoms with Crippen LogP contribution in [-0.2, 0) is 4.79 Å². The fourth-order valence-corrected chi connectivity index (χ4v) is 3.66. The molecule has 6 heteroatoms. The number of carbonyl (C=O) groups excluding carboxylic acids is 1. The molecule has 3 rings (SSSR count). The standard InChI is InChI=1S/C21H26N4O2/c1-6-23(7-2)21(27)16(5)24-18(26)13-14(3)19-15(4)22-25(20(19)24)17-11-9-8-10-12-17/h8-13,16H,6-7H2,1-5H3. The Morgan fingerprint density at radius 2 is 1.78 bits per heavy atom. The summed E-state index contributed by atoms with van der Waals surface area (Å²) >= 11 is 0. The lowest BCUT2D eigenvalue weighted by Crippen LogP contribution is -2.39. The van der Waals surface area contributed by atoms with Gasteiger partial charge in [0.2, 0.25) is 5.91 Å². The third-order valence-electron chi connectivity index (χ3n) is 5.06. The number of hydrogen-bond donors (Lipinski definition) is 0. The number of para-hydroxylation sites is 1. The van der Waals surface area contributed by atoms with Gasteiger partial charge in [0.15, 0.2) is 0 Å². The SMILES string of the molecule is CCN(CC)C(=O)C(C)n1c(=O)cc(C)c2c(C)nn(-c3ccccc3)c21. The largest absolute Gasteiger partial charge is 0.341 e. The van der Waals surface area contributed by atoms with Crippen LogP contribution >= 0.6 is 0 Å². The Balaban J connectivity index is 2.33. The summed E-state index contributed by atoms with van der Waals surface area (Å²) in [6.07, 6.45) is 0. The molecule has 0 aliphatic rings. The van der Waals surface area contributed by atoms with Crippen LogP contribution in [0, 0.1) is 13.8 Å². The zero-order valence-corrected chi connectivity index (χ0v) is 16.6. The fraction of sp³-hybridized carbons (Fsp3) is 0.381. The highest BCUT2D eigenvalue weighted by atomic mass is 16.2. The maximum atomic E-state index is 13.0. The van der Waals surface area contributed by atoms with E-state index in [1.54, 1.807) is 27.1 Å². The highest BCUT2D eigenvalue weighted by Crippen LogP contribution is 2.26. The van der Waals surface area contributed by atoms with Crippen LogP contribution in [0.2, 0.25) is 0 Å². The van der Waals surface area contributed by atoms with Crippen molar-refractivity contribution in [3.63, 3.8) is 0 Å². The van der Waals surface area contributed by atoms with E-state index in [0.29, 0.717) is 18.7 Å². The van der Waals surface area contributed by atoms with Crippen LogP contribution in [0.5, 0.6) is 0 Å². The van der Waals surface area contributed by atoms with E-state index in [-0.39, 0.29) is 11.5 Å². The minimum absolute atomic E-state index is 0.0642. The molecule has 2 aromatic heterocycles. The molecule has 3 aromatic rings. The number of fused-ring (bicyclic) bond motifs is 1. The zero-order chi connectivity index (χ0) is 19.7. The molecule has 0 saturated heterocycles. The van der Waals surface area contributed by atoms with Crippen LogP contribution in [0.25, 0.3) is 16.7 Å². The summed E-state index contributed by atoms with van der Waals surface area (Å²) in [4.78, 5) is 27.7. The number of nitrogens with zero attached hydrogens (tertiary/aromatic N) is 4. The van der Waals surface area contributed by atoms with Gasteiger partial charge in [-0.1, -0.05) is 18.2 Å². The van der Waals surface area contributed by atoms with Crippen molar-refractivity contribution in [2.75, 3.05) is 13.1 Å². The van der Waals surface area contributed by atoms with Crippen LogP contribution in [0.4, 0.5) is 0 Å². The molecular formula is C21H26N4O2. The van der Waals surface area contributed by atoms with Gasteiger partial charge in [-0.2, -0.15) is 5.10 Å². The first-order chi connectivity index (χ1) is 12.9. The summed E-state index contributed by atoms with van der Waals surface area (Å²) < 4.78 is 3.35. The van der Waals surface area contributed by atoms with E-state index in [2.05, 4.69) is 5.10 Å². The smallest absolute Gasteiger partial charge is 0.253 e. The van der Waals surface area contributed by atoms with Crippen molar-refractivity contribution in [1.82, 2.24) is 19.2 Å². The van der Waals surface area contributed by atoms with Crippen LogP contribution < -0.4 is 5.56 Å². The average Bonchev–Trinajstić information content (AvgIpc) is 3.00. The molecule has 0 radical (unpaired) electrons. The minimum atomic E-state index is -0.612. The Labute approximate surface area is 159 Å². The lowest BCUT2D eigenvalue weighted by atomic mass is 10.1. The first kappa shape index (κ1) is 18.9. The number of likely N-dealkylation sites (N-methyl/N-ethyl adjacent to an activating group) is 1. The van der Waals surface area contributed by atoms with Crippen LogP contribution in [-0.4, -0.2) is 38.2 Å². The topological polar surface area (TPSA) is 60.1 Å². The molecule has 6 nitrogen and oxygen atoms in total. The van der Waals surface area contributed by atoms with E-state index < -0.39 is 6.04 Å². The molecule has 1 amide bonds. The zero-order valence-electron chi connectivity index (χ0n) is 16.6. The molecule has 0 N–H and O–H groups in total. The Hall–Kier alpha value is -2.89. The van der Waals surface area contributed by atoms with E-state index in [4.69, 9.17) is 0 Å². The van der Waals surface area contributed by atoms with Crippen molar-refractivity contribution in [3.8, 4) is 5.69 Å². The molecule has 1 atom stereocenters. The molecule has 0 fully saturated rings. The molecule has 1 unspecified atom stereocenters. The summed E-state index contributed by atoms with van der Waals surface area (Å²) in [5, 5.41) is 5.60. The van der Waals surface area contributed by atoms with Crippen molar-refractivity contribution >= 4 is 16.9 Å². The van der Waals surface area contributed by atoms with Gasteiger partial charge in [0.1, 0.15) is 11.7 Å². The first-order valence-corrected chi connectivity index (χ1v) is 9.36. The fourth-order valence-electron chi connectivity index (χ4n) is 3.66. The molecule has 2 heterocycles. The third kappa shape index (κ3) is 3.16. The van der Waals surface area contributed by atoms with Crippen LogP contribution in [0.1, 0.15) is 38.1 Å². The second-order valence-electron chi connectivity index (χ2n) is 6.75. The molecule has 0 bridgehead atoms. The summed E-state index contributed by atoms with van der Waals surface area (Å²) in [6, 6.07) is 10.7. The van der Waals surface area contributed by atoms with Gasteiger partial charge in [-0.25, -0.2) is 4.68 Å². The highest BCUT2D eigenvalue weighted by Gasteiger charge is 2.26. The van der Waals surface area contributed by atoms with Gasteiger partial charge in [0.05, 0.1) is 11.4 Å². The van der Waals surface area contributed by atoms with E-state index >= 15 is 0 Å². The maximum Gasteiger partial charge on any atom is 0.253 e. The minimum Gasteiger partial charge on any atom is -0.341 e. The average molecular weight is 366 g/mol. The number of pyridine rings is 1. The predicted molar refractivity (Wildman–Crippen MR) is 107 cm³/mol. The molecule has 1 aromatic carbocycles. The number of rotatable bonds is 5. The Kier molecular flexibility index (Phi) is 5.17. The molecule has 0 aliphatic carbocycles. The lowest BCUT2D eigenvalue weighted by molar-refractivity contribution is -0.133. The van der Waals surface area contributed by atoms with Gasteiger partial charge in [-0.15, -0.1) is 0 Å². The van der Waals surface area contributed by atoms with E-state index in [9.17, 15) is 9.59 Å². The van der Waals surface area contributed by atoms with Crippen molar-refractivity contribution in [2.24, 2.45) is 0 Å². The van der Waals surface area contributed by atoms with Gasteiger partial charge in [0, 0.05) is 24.5 Å². The van der Waals surface area contributed by atoms with Crippen molar-refractivity contribution in [1.29, 1.82) is 0 Å². The van der Waals surface area contributed by atoms with Gasteiger partial charge in [-0.3, -0.25) is 14.2 Å². The van der Waals surface area contributed by atoms with E-state index in [1.807, 2.05) is 58.0 Å². The van der Waals surface area contributed by atoms with Crippen LogP contribution in [0.3, 0.4) is 0 Å². The summed E-state index contributed by atoms with van der Waals surface area (Å²) in [5.74, 6) is -0.0642. The summed E-state index contributed by atoms with van der Waals surface area (Å²) in [7, 11) is 0.